The zero-order valence-corrected chi connectivity index (χ0v) is 12.0. The van der Waals surface area contributed by atoms with E-state index in [0.717, 1.165) is 19.0 Å². The molecule has 0 aliphatic carbocycles. The van der Waals surface area contributed by atoms with Crippen molar-refractivity contribution in [2.45, 2.75) is 36.1 Å². The Morgan fingerprint density at radius 2 is 2.35 bits per heavy atom. The first-order valence-corrected chi connectivity index (χ1v) is 7.95. The van der Waals surface area contributed by atoms with Crippen molar-refractivity contribution in [2.75, 3.05) is 13.2 Å². The number of ether oxygens (including phenoxy) is 1. The van der Waals surface area contributed by atoms with Gasteiger partial charge in [-0.05, 0) is 19.8 Å². The van der Waals surface area contributed by atoms with Crippen molar-refractivity contribution < 1.29 is 17.9 Å². The third kappa shape index (κ3) is 3.31. The van der Waals surface area contributed by atoms with E-state index in [4.69, 9.17) is 4.74 Å². The molecule has 8 heteroatoms. The summed E-state index contributed by atoms with van der Waals surface area (Å²) in [5.74, 6) is -0.550. The van der Waals surface area contributed by atoms with Crippen LogP contribution in [-0.4, -0.2) is 48.8 Å². The number of rotatable bonds is 5. The van der Waals surface area contributed by atoms with Gasteiger partial charge in [0.25, 0.3) is 0 Å². The Morgan fingerprint density at radius 1 is 1.55 bits per heavy atom. The van der Waals surface area contributed by atoms with Gasteiger partial charge in [0.2, 0.25) is 15.7 Å². The molecule has 1 aliphatic heterocycles. The molecule has 1 aromatic heterocycles. The molecule has 0 radical (unpaired) electrons. The third-order valence-corrected chi connectivity index (χ3v) is 5.13. The second-order valence-electron chi connectivity index (χ2n) is 4.61. The molecule has 1 N–H and O–H groups in total. The van der Waals surface area contributed by atoms with E-state index in [2.05, 4.69) is 15.3 Å². The molecular weight excluding hydrogens is 282 g/mol. The lowest BCUT2D eigenvalue weighted by atomic mass is 10.2. The van der Waals surface area contributed by atoms with Gasteiger partial charge in [0.15, 0.2) is 5.03 Å². The van der Waals surface area contributed by atoms with Crippen molar-refractivity contribution in [3.63, 3.8) is 0 Å². The van der Waals surface area contributed by atoms with Gasteiger partial charge in [0.1, 0.15) is 5.25 Å². The van der Waals surface area contributed by atoms with Gasteiger partial charge in [-0.1, -0.05) is 0 Å². The van der Waals surface area contributed by atoms with Crippen LogP contribution in [0.3, 0.4) is 0 Å². The van der Waals surface area contributed by atoms with Gasteiger partial charge in [-0.15, -0.1) is 0 Å². The van der Waals surface area contributed by atoms with Gasteiger partial charge in [-0.3, -0.25) is 9.78 Å². The van der Waals surface area contributed by atoms with Crippen molar-refractivity contribution in [1.82, 2.24) is 15.3 Å². The van der Waals surface area contributed by atoms with Gasteiger partial charge in [-0.25, -0.2) is 13.4 Å². The summed E-state index contributed by atoms with van der Waals surface area (Å²) in [5, 5.41) is 1.21. The van der Waals surface area contributed by atoms with Crippen LogP contribution in [-0.2, 0) is 19.4 Å². The maximum absolute atomic E-state index is 12.2. The molecule has 0 saturated carbocycles. The van der Waals surface area contributed by atoms with Crippen molar-refractivity contribution in [3.05, 3.63) is 18.6 Å². The van der Waals surface area contributed by atoms with E-state index in [1.54, 1.807) is 0 Å². The van der Waals surface area contributed by atoms with E-state index in [0.29, 0.717) is 13.2 Å². The first-order chi connectivity index (χ1) is 9.51. The number of nitrogens with one attached hydrogen (secondary N) is 1. The minimum absolute atomic E-state index is 0.0228. The fourth-order valence-corrected chi connectivity index (χ4v) is 3.06. The van der Waals surface area contributed by atoms with E-state index in [-0.39, 0.29) is 11.1 Å². The predicted octanol–water partition coefficient (Wildman–Crippen LogP) is -0.0660. The van der Waals surface area contributed by atoms with Crippen LogP contribution in [0.2, 0.25) is 0 Å². The monoisotopic (exact) mass is 299 g/mol. The number of hydrogen-bond acceptors (Lipinski definition) is 6. The Hall–Kier alpha value is -1.54. The van der Waals surface area contributed by atoms with Gasteiger partial charge >= 0.3 is 0 Å². The van der Waals surface area contributed by atoms with Crippen LogP contribution in [0.1, 0.15) is 19.8 Å². The lowest BCUT2D eigenvalue weighted by molar-refractivity contribution is -0.120. The van der Waals surface area contributed by atoms with E-state index < -0.39 is 21.0 Å². The number of amides is 1. The van der Waals surface area contributed by atoms with Gasteiger partial charge < -0.3 is 10.1 Å². The average molecular weight is 299 g/mol. The molecule has 0 unspecified atom stereocenters. The minimum atomic E-state index is -3.81. The Bertz CT molecular complexity index is 555. The number of nitrogens with zero attached hydrogens (tertiary/aromatic N) is 2. The quantitative estimate of drug-likeness (QED) is 0.817. The highest BCUT2D eigenvalue weighted by Gasteiger charge is 2.31. The fourth-order valence-electron chi connectivity index (χ4n) is 1.92. The Balaban J connectivity index is 1.98. The van der Waals surface area contributed by atoms with Crippen LogP contribution >= 0.6 is 0 Å². The van der Waals surface area contributed by atoms with Crippen LogP contribution in [0.25, 0.3) is 0 Å². The summed E-state index contributed by atoms with van der Waals surface area (Å²) in [6, 6.07) is 0. The summed E-state index contributed by atoms with van der Waals surface area (Å²) in [7, 11) is -3.81. The van der Waals surface area contributed by atoms with Crippen LogP contribution in [0.15, 0.2) is 23.6 Å². The average Bonchev–Trinajstić information content (AvgIpc) is 2.98. The van der Waals surface area contributed by atoms with Gasteiger partial charge in [0, 0.05) is 25.5 Å². The number of carbonyl (C=O) groups is 1. The summed E-state index contributed by atoms with van der Waals surface area (Å²) in [4.78, 5) is 19.4. The molecule has 20 heavy (non-hydrogen) atoms. The molecule has 0 aromatic carbocycles. The Kier molecular flexibility index (Phi) is 4.66. The smallest absolute Gasteiger partial charge is 0.238 e. The molecule has 1 amide bonds. The summed E-state index contributed by atoms with van der Waals surface area (Å²) in [6.45, 7) is 2.36. The molecule has 7 nitrogen and oxygen atoms in total. The summed E-state index contributed by atoms with van der Waals surface area (Å²) in [5.41, 5.74) is 0. The van der Waals surface area contributed by atoms with E-state index in [9.17, 15) is 13.2 Å². The lowest BCUT2D eigenvalue weighted by Crippen LogP contribution is -2.41. The van der Waals surface area contributed by atoms with Gasteiger partial charge in [0.05, 0.1) is 12.3 Å². The molecule has 1 aliphatic rings. The second kappa shape index (κ2) is 6.27. The summed E-state index contributed by atoms with van der Waals surface area (Å²) >= 11 is 0. The highest BCUT2D eigenvalue weighted by atomic mass is 32.2. The molecule has 2 atom stereocenters. The van der Waals surface area contributed by atoms with Crippen LogP contribution in [0.4, 0.5) is 0 Å². The highest BCUT2D eigenvalue weighted by molar-refractivity contribution is 7.92. The van der Waals surface area contributed by atoms with E-state index >= 15 is 0 Å². The van der Waals surface area contributed by atoms with E-state index in [1.807, 2.05) is 0 Å². The molecule has 0 spiro atoms. The number of carbonyl (C=O) groups excluding carboxylic acids is 1. The fraction of sp³-hybridized carbons (Fsp3) is 0.583. The minimum Gasteiger partial charge on any atom is -0.376 e. The molecule has 2 heterocycles. The van der Waals surface area contributed by atoms with Gasteiger partial charge in [-0.2, -0.15) is 0 Å². The van der Waals surface area contributed by atoms with Crippen LogP contribution in [0, 0.1) is 0 Å². The zero-order chi connectivity index (χ0) is 14.6. The molecule has 2 rings (SSSR count). The molecule has 110 valence electrons. The number of aromatic nitrogens is 2. The normalized spacial score (nSPS) is 20.6. The topological polar surface area (TPSA) is 98.2 Å². The summed E-state index contributed by atoms with van der Waals surface area (Å²) < 4.78 is 29.7. The molecule has 1 aromatic rings. The molecular formula is C12H17N3O4S. The van der Waals surface area contributed by atoms with Crippen LogP contribution < -0.4 is 5.32 Å². The largest absolute Gasteiger partial charge is 0.376 e. The predicted molar refractivity (Wildman–Crippen MR) is 70.7 cm³/mol. The Morgan fingerprint density at radius 3 is 2.95 bits per heavy atom. The number of hydrogen-bond donors (Lipinski definition) is 1. The third-order valence-electron chi connectivity index (χ3n) is 3.19. The molecule has 0 bridgehead atoms. The SMILES string of the molecule is C[C@@H](C(=O)NC[C@H]1CCCO1)S(=O)(=O)c1cnccn1. The highest BCUT2D eigenvalue weighted by Crippen LogP contribution is 2.13. The van der Waals surface area contributed by atoms with Crippen molar-refractivity contribution in [1.29, 1.82) is 0 Å². The summed E-state index contributed by atoms with van der Waals surface area (Å²) in [6.07, 6.45) is 5.62. The van der Waals surface area contributed by atoms with Crippen molar-refractivity contribution in [2.24, 2.45) is 0 Å². The molecule has 1 fully saturated rings. The second-order valence-corrected chi connectivity index (χ2v) is 6.83. The first kappa shape index (κ1) is 14.9. The van der Waals surface area contributed by atoms with Crippen LogP contribution in [0.5, 0.6) is 0 Å². The zero-order valence-electron chi connectivity index (χ0n) is 11.2. The maximum Gasteiger partial charge on any atom is 0.238 e. The maximum atomic E-state index is 12.2. The Labute approximate surface area is 117 Å². The van der Waals surface area contributed by atoms with Crippen molar-refractivity contribution >= 4 is 15.7 Å². The standard InChI is InChI=1S/C12H17N3O4S/c1-9(12(16)15-7-10-3-2-6-19-10)20(17,18)11-8-13-4-5-14-11/h4-5,8-10H,2-3,6-7H2,1H3,(H,15,16)/t9-,10+/m0/s1. The number of sulfone groups is 1. The lowest BCUT2D eigenvalue weighted by Gasteiger charge is -2.15. The first-order valence-electron chi connectivity index (χ1n) is 6.41. The van der Waals surface area contributed by atoms with Crippen molar-refractivity contribution in [3.8, 4) is 0 Å². The van der Waals surface area contributed by atoms with E-state index in [1.165, 1.54) is 19.3 Å². The molecule has 1 saturated heterocycles.